The van der Waals surface area contributed by atoms with E-state index in [0.29, 0.717) is 13.0 Å². The Labute approximate surface area is 116 Å². The molecule has 0 heterocycles. The Morgan fingerprint density at radius 3 is 2.58 bits per heavy atom. The van der Waals surface area contributed by atoms with Crippen LogP contribution in [0.1, 0.15) is 44.6 Å². The van der Waals surface area contributed by atoms with Crippen LogP contribution >= 0.6 is 0 Å². The summed E-state index contributed by atoms with van der Waals surface area (Å²) in [6.45, 7) is 5.59. The summed E-state index contributed by atoms with van der Waals surface area (Å²) in [6.07, 6.45) is 4.73. The molecule has 0 bridgehead atoms. The zero-order valence-corrected chi connectivity index (χ0v) is 12.1. The van der Waals surface area contributed by atoms with Crippen molar-refractivity contribution in [2.24, 2.45) is 0 Å². The second-order valence-electron chi connectivity index (χ2n) is 4.82. The highest BCUT2D eigenvalue weighted by Crippen LogP contribution is 2.11. The monoisotopic (exact) mass is 263 g/mol. The largest absolute Gasteiger partial charge is 0.494 e. The fourth-order valence-electron chi connectivity index (χ4n) is 1.75. The molecule has 1 aromatic rings. The number of hydrogen-bond donors (Lipinski definition) is 1. The summed E-state index contributed by atoms with van der Waals surface area (Å²) in [6, 6.07) is 7.96. The maximum absolute atomic E-state index is 11.5. The molecule has 0 fully saturated rings. The van der Waals surface area contributed by atoms with Gasteiger partial charge in [-0.05, 0) is 31.9 Å². The first-order valence-corrected chi connectivity index (χ1v) is 7.18. The van der Waals surface area contributed by atoms with Gasteiger partial charge in [0.15, 0.2) is 0 Å². The predicted molar refractivity (Wildman–Crippen MR) is 78.4 cm³/mol. The molecule has 3 nitrogen and oxygen atoms in total. The number of carbonyl (C=O) groups is 1. The molecular weight excluding hydrogens is 238 g/mol. The van der Waals surface area contributed by atoms with Crippen LogP contribution in [0.4, 0.5) is 0 Å². The lowest BCUT2D eigenvalue weighted by Crippen LogP contribution is -2.24. The van der Waals surface area contributed by atoms with Gasteiger partial charge in [-0.25, -0.2) is 0 Å². The molecule has 0 aliphatic heterocycles. The second-order valence-corrected chi connectivity index (χ2v) is 4.82. The number of hydrogen-bond acceptors (Lipinski definition) is 2. The number of ether oxygens (including phenoxy) is 1. The van der Waals surface area contributed by atoms with Crippen LogP contribution in [0.5, 0.6) is 5.75 Å². The van der Waals surface area contributed by atoms with Gasteiger partial charge in [0.1, 0.15) is 5.75 Å². The van der Waals surface area contributed by atoms with Crippen molar-refractivity contribution in [3.8, 4) is 5.75 Å². The summed E-state index contributed by atoms with van der Waals surface area (Å²) < 4.78 is 5.57. The van der Waals surface area contributed by atoms with Crippen molar-refractivity contribution in [2.45, 2.75) is 46.0 Å². The third-order valence-corrected chi connectivity index (χ3v) is 2.94. The maximum Gasteiger partial charge on any atom is 0.220 e. The lowest BCUT2D eigenvalue weighted by molar-refractivity contribution is -0.121. The van der Waals surface area contributed by atoms with Gasteiger partial charge in [-0.15, -0.1) is 0 Å². The van der Waals surface area contributed by atoms with Crippen LogP contribution in [0, 0.1) is 6.92 Å². The SMILES string of the molecule is CCCCCNC(=O)CCCOc1ccc(C)cc1. The first kappa shape index (κ1) is 15.5. The molecule has 0 aliphatic rings. The minimum absolute atomic E-state index is 0.128. The average molecular weight is 263 g/mol. The van der Waals surface area contributed by atoms with E-state index in [0.717, 1.165) is 25.1 Å². The van der Waals surface area contributed by atoms with Gasteiger partial charge in [0.05, 0.1) is 6.61 Å². The highest BCUT2D eigenvalue weighted by atomic mass is 16.5. The number of carbonyl (C=O) groups excluding carboxylic acids is 1. The van der Waals surface area contributed by atoms with Crippen molar-refractivity contribution in [3.05, 3.63) is 29.8 Å². The predicted octanol–water partition coefficient (Wildman–Crippen LogP) is 3.46. The molecule has 3 heteroatoms. The van der Waals surface area contributed by atoms with Gasteiger partial charge in [0, 0.05) is 13.0 Å². The molecule has 1 rings (SSSR count). The van der Waals surface area contributed by atoms with Crippen LogP contribution in [-0.2, 0) is 4.79 Å². The Hall–Kier alpha value is -1.51. The molecule has 0 radical (unpaired) electrons. The summed E-state index contributed by atoms with van der Waals surface area (Å²) in [5, 5.41) is 2.93. The lowest BCUT2D eigenvalue weighted by Gasteiger charge is -2.07. The first-order chi connectivity index (χ1) is 9.22. The molecule has 1 aromatic carbocycles. The van der Waals surface area contributed by atoms with Gasteiger partial charge < -0.3 is 10.1 Å². The fourth-order valence-corrected chi connectivity index (χ4v) is 1.75. The van der Waals surface area contributed by atoms with Crippen LogP contribution in [0.15, 0.2) is 24.3 Å². The molecule has 0 aliphatic carbocycles. The molecule has 0 saturated heterocycles. The van der Waals surface area contributed by atoms with E-state index in [9.17, 15) is 4.79 Å². The number of amides is 1. The third kappa shape index (κ3) is 7.50. The van der Waals surface area contributed by atoms with E-state index < -0.39 is 0 Å². The van der Waals surface area contributed by atoms with Gasteiger partial charge in [-0.1, -0.05) is 37.5 Å². The normalized spacial score (nSPS) is 10.2. The van der Waals surface area contributed by atoms with E-state index in [1.165, 1.54) is 18.4 Å². The van der Waals surface area contributed by atoms with Crippen molar-refractivity contribution in [1.29, 1.82) is 0 Å². The van der Waals surface area contributed by atoms with E-state index in [1.807, 2.05) is 31.2 Å². The fraction of sp³-hybridized carbons (Fsp3) is 0.562. The van der Waals surface area contributed by atoms with Crippen LogP contribution in [0.3, 0.4) is 0 Å². The molecular formula is C16H25NO2. The van der Waals surface area contributed by atoms with E-state index in [-0.39, 0.29) is 5.91 Å². The maximum atomic E-state index is 11.5. The number of unbranched alkanes of at least 4 members (excludes halogenated alkanes) is 2. The molecule has 0 atom stereocenters. The van der Waals surface area contributed by atoms with E-state index >= 15 is 0 Å². The highest BCUT2D eigenvalue weighted by molar-refractivity contribution is 5.75. The number of nitrogens with one attached hydrogen (secondary N) is 1. The molecule has 0 saturated carbocycles. The standard InChI is InChI=1S/C16H25NO2/c1-3-4-5-12-17-16(18)7-6-13-19-15-10-8-14(2)9-11-15/h8-11H,3-7,12-13H2,1-2H3,(H,17,18). The number of benzene rings is 1. The topological polar surface area (TPSA) is 38.3 Å². The van der Waals surface area contributed by atoms with E-state index in [1.54, 1.807) is 0 Å². The third-order valence-electron chi connectivity index (χ3n) is 2.94. The Balaban J connectivity index is 2.03. The Morgan fingerprint density at radius 2 is 1.89 bits per heavy atom. The number of aryl methyl sites for hydroxylation is 1. The summed E-state index contributed by atoms with van der Waals surface area (Å²) in [5.74, 6) is 0.998. The molecule has 19 heavy (non-hydrogen) atoms. The van der Waals surface area contributed by atoms with Crippen LogP contribution in [0.2, 0.25) is 0 Å². The smallest absolute Gasteiger partial charge is 0.220 e. The van der Waals surface area contributed by atoms with E-state index in [2.05, 4.69) is 12.2 Å². The van der Waals surface area contributed by atoms with Crippen LogP contribution in [-0.4, -0.2) is 19.1 Å². The van der Waals surface area contributed by atoms with Gasteiger partial charge in [0.25, 0.3) is 0 Å². The Morgan fingerprint density at radius 1 is 1.16 bits per heavy atom. The number of rotatable bonds is 9. The zero-order chi connectivity index (χ0) is 13.9. The zero-order valence-electron chi connectivity index (χ0n) is 12.1. The molecule has 1 N–H and O–H groups in total. The summed E-state index contributed by atoms with van der Waals surface area (Å²) in [7, 11) is 0. The molecule has 0 unspecified atom stereocenters. The molecule has 106 valence electrons. The van der Waals surface area contributed by atoms with Gasteiger partial charge in [-0.2, -0.15) is 0 Å². The van der Waals surface area contributed by atoms with Gasteiger partial charge >= 0.3 is 0 Å². The Bertz CT molecular complexity index is 360. The minimum Gasteiger partial charge on any atom is -0.494 e. The molecule has 0 aromatic heterocycles. The minimum atomic E-state index is 0.128. The lowest BCUT2D eigenvalue weighted by atomic mass is 10.2. The molecule has 1 amide bonds. The van der Waals surface area contributed by atoms with Crippen LogP contribution in [0.25, 0.3) is 0 Å². The van der Waals surface area contributed by atoms with Crippen molar-refractivity contribution in [2.75, 3.05) is 13.2 Å². The van der Waals surface area contributed by atoms with Crippen LogP contribution < -0.4 is 10.1 Å². The summed E-state index contributed by atoms with van der Waals surface area (Å²) >= 11 is 0. The summed E-state index contributed by atoms with van der Waals surface area (Å²) in [5.41, 5.74) is 1.22. The van der Waals surface area contributed by atoms with Crippen molar-refractivity contribution < 1.29 is 9.53 Å². The van der Waals surface area contributed by atoms with Crippen molar-refractivity contribution in [1.82, 2.24) is 5.32 Å². The van der Waals surface area contributed by atoms with Gasteiger partial charge in [0.2, 0.25) is 5.91 Å². The summed E-state index contributed by atoms with van der Waals surface area (Å²) in [4.78, 5) is 11.5. The van der Waals surface area contributed by atoms with Gasteiger partial charge in [-0.3, -0.25) is 4.79 Å². The van der Waals surface area contributed by atoms with Crippen molar-refractivity contribution >= 4 is 5.91 Å². The highest BCUT2D eigenvalue weighted by Gasteiger charge is 2.00. The first-order valence-electron chi connectivity index (χ1n) is 7.18. The molecule has 0 spiro atoms. The van der Waals surface area contributed by atoms with Crippen molar-refractivity contribution in [3.63, 3.8) is 0 Å². The average Bonchev–Trinajstić information content (AvgIpc) is 2.42. The quantitative estimate of drug-likeness (QED) is 0.693. The van der Waals surface area contributed by atoms with E-state index in [4.69, 9.17) is 4.74 Å². The second kappa shape index (κ2) is 9.42. The Kier molecular flexibility index (Phi) is 7.71.